The van der Waals surface area contributed by atoms with E-state index in [1.54, 1.807) is 0 Å². The molecule has 0 spiro atoms. The zero-order chi connectivity index (χ0) is 28.1. The van der Waals surface area contributed by atoms with Crippen LogP contribution in [0.3, 0.4) is 0 Å². The molecule has 0 saturated heterocycles. The minimum atomic E-state index is -1.14. The summed E-state index contributed by atoms with van der Waals surface area (Å²) in [4.78, 5) is 40.0. The van der Waals surface area contributed by atoms with Gasteiger partial charge in [0, 0.05) is 23.9 Å². The van der Waals surface area contributed by atoms with Gasteiger partial charge in [0.25, 0.3) is 0 Å². The van der Waals surface area contributed by atoms with Crippen molar-refractivity contribution in [3.8, 4) is 0 Å². The fourth-order valence-electron chi connectivity index (χ4n) is 3.13. The van der Waals surface area contributed by atoms with E-state index < -0.39 is 56.9 Å². The molecular weight excluding hydrogens is 583 g/mol. The van der Waals surface area contributed by atoms with Crippen molar-refractivity contribution in [3.63, 3.8) is 0 Å². The van der Waals surface area contributed by atoms with E-state index in [0.717, 1.165) is 0 Å². The van der Waals surface area contributed by atoms with Crippen LogP contribution in [0.4, 0.5) is 0 Å². The first-order valence-electron chi connectivity index (χ1n) is 12.4. The number of carboxylic acids is 4. The van der Waals surface area contributed by atoms with Crippen LogP contribution in [-0.2, 0) is 28.1 Å². The van der Waals surface area contributed by atoms with Gasteiger partial charge in [-0.25, -0.2) is 0 Å². The van der Waals surface area contributed by atoms with Crippen molar-refractivity contribution in [3.05, 3.63) is 71.8 Å². The van der Waals surface area contributed by atoms with Crippen molar-refractivity contribution in [2.75, 3.05) is 0 Å². The Morgan fingerprint density at radius 3 is 1.22 bits per heavy atom. The van der Waals surface area contributed by atoms with Gasteiger partial charge in [-0.3, -0.25) is 0 Å². The van der Waals surface area contributed by atoms with Gasteiger partial charge in [0.2, 0.25) is 0 Å². The second kappa shape index (κ2) is 21.2. The van der Waals surface area contributed by atoms with E-state index in [4.69, 9.17) is 0 Å². The van der Waals surface area contributed by atoms with Gasteiger partial charge in [0.05, 0.1) is 0 Å². The number of benzene rings is 2. The van der Waals surface area contributed by atoms with E-state index in [9.17, 15) is 39.6 Å². The Bertz CT molecular complexity index is 843. The zero-order valence-electron chi connectivity index (χ0n) is 21.6. The normalized spacial score (nSPS) is 11.5. The third kappa shape index (κ3) is 21.0. The molecule has 0 aliphatic carbocycles. The Hall–Kier alpha value is -2.88. The summed E-state index contributed by atoms with van der Waals surface area (Å²) in [7, 11) is 0. The van der Waals surface area contributed by atoms with Crippen LogP contribution in [0.1, 0.15) is 63.5 Å². The van der Waals surface area contributed by atoms with Crippen LogP contribution in [0.2, 0.25) is 0 Å². The number of carbonyl (C=O) groups excluding carboxylic acids is 4. The van der Waals surface area contributed by atoms with Crippen molar-refractivity contribution in [1.82, 2.24) is 0 Å². The second-order valence-electron chi connectivity index (χ2n) is 8.79. The number of rotatable bonds is 14. The Balaban J connectivity index is 0.000000539. The number of carbonyl (C=O) groups is 4. The predicted molar refractivity (Wildman–Crippen MR) is 135 cm³/mol. The molecule has 0 aliphatic heterocycles. The Morgan fingerprint density at radius 2 is 0.946 bits per heavy atom. The molecule has 0 aliphatic rings. The average Bonchev–Trinajstić information content (AvgIpc) is 2.85. The van der Waals surface area contributed by atoms with Gasteiger partial charge < -0.3 is 39.6 Å². The molecule has 2 unspecified atom stereocenters. The topological polar surface area (TPSA) is 161 Å². The zero-order valence-corrected chi connectivity index (χ0v) is 25.6. The van der Waals surface area contributed by atoms with Gasteiger partial charge in [0.15, 0.2) is 0 Å². The minimum absolute atomic E-state index is 0.0857. The summed E-state index contributed by atoms with van der Waals surface area (Å²) in [5.41, 5.74) is 3.06. The first-order valence-corrected chi connectivity index (χ1v) is 18.1. The van der Waals surface area contributed by atoms with Crippen molar-refractivity contribution in [2.24, 2.45) is 11.8 Å². The summed E-state index contributed by atoms with van der Waals surface area (Å²) >= 11 is -0.608. The van der Waals surface area contributed by atoms with E-state index in [-0.39, 0.29) is 12.8 Å². The summed E-state index contributed by atoms with van der Waals surface area (Å²) < 4.78 is 2.77. The first kappa shape index (κ1) is 34.1. The monoisotopic (exact) mass is 620 g/mol. The molecule has 0 bridgehead atoms. The molecule has 0 fully saturated rings. The van der Waals surface area contributed by atoms with Crippen molar-refractivity contribution < 1.29 is 39.6 Å². The standard InChI is InChI=1S/2C7H12O4.2C7H7.Sn.2H/c2*1-5(7(10)11)3-2-4-6(8)9;2*1-7-5-3-2-4-6-7;;;/h2*5H,2-4H2,1H3,(H,8,9)(H,10,11);2*2-6H,1H2;;;/q;;;;+4;;/p-4. The van der Waals surface area contributed by atoms with Gasteiger partial charge in [-0.15, -0.1) is 0 Å². The van der Waals surface area contributed by atoms with E-state index in [2.05, 4.69) is 60.7 Å². The average molecular weight is 619 g/mol. The van der Waals surface area contributed by atoms with Crippen LogP contribution in [0.5, 0.6) is 0 Å². The van der Waals surface area contributed by atoms with Crippen LogP contribution < -0.4 is 20.4 Å². The first-order chi connectivity index (χ1) is 17.5. The second-order valence-corrected chi connectivity index (χ2v) is 13.7. The molecule has 200 valence electrons. The van der Waals surface area contributed by atoms with Gasteiger partial charge in [0.1, 0.15) is 0 Å². The van der Waals surface area contributed by atoms with Crippen LogP contribution >= 0.6 is 0 Å². The molecule has 2 rings (SSSR count). The fraction of sp³-hybridized carbons (Fsp3) is 0.429. The number of aliphatic carboxylic acids is 4. The number of hydrogen-bond donors (Lipinski definition) is 0. The molecule has 9 heteroatoms. The summed E-state index contributed by atoms with van der Waals surface area (Å²) in [6.45, 7) is 2.98. The third-order valence-electron chi connectivity index (χ3n) is 5.46. The third-order valence-corrected chi connectivity index (χ3v) is 10.8. The quantitative estimate of drug-likeness (QED) is 0.247. The van der Waals surface area contributed by atoms with E-state index >= 15 is 0 Å². The van der Waals surface area contributed by atoms with Gasteiger partial charge in [-0.05, 0) is 50.4 Å². The van der Waals surface area contributed by atoms with E-state index in [0.29, 0.717) is 25.7 Å². The van der Waals surface area contributed by atoms with Crippen molar-refractivity contribution in [2.45, 2.75) is 61.2 Å². The molecule has 2 aromatic rings. The predicted octanol–water partition coefficient (Wildman–Crippen LogP) is -0.859. The summed E-state index contributed by atoms with van der Waals surface area (Å²) in [5, 5.41) is 40.0. The van der Waals surface area contributed by atoms with Crippen molar-refractivity contribution in [1.29, 1.82) is 0 Å². The maximum absolute atomic E-state index is 10.1. The fourth-order valence-corrected chi connectivity index (χ4v) is 7.86. The Morgan fingerprint density at radius 1 is 0.622 bits per heavy atom. The van der Waals surface area contributed by atoms with Crippen LogP contribution in [0.25, 0.3) is 0 Å². The molecule has 0 N–H and O–H groups in total. The van der Waals surface area contributed by atoms with Crippen molar-refractivity contribution >= 4 is 45.0 Å². The van der Waals surface area contributed by atoms with Crippen LogP contribution in [0.15, 0.2) is 60.7 Å². The molecule has 4 radical (unpaired) electrons. The van der Waals surface area contributed by atoms with Crippen LogP contribution in [-0.4, -0.2) is 45.0 Å². The van der Waals surface area contributed by atoms with Gasteiger partial charge >= 0.3 is 102 Å². The van der Waals surface area contributed by atoms with Gasteiger partial charge in [-0.2, -0.15) is 0 Å². The van der Waals surface area contributed by atoms with Crippen LogP contribution in [0, 0.1) is 11.8 Å². The van der Waals surface area contributed by atoms with E-state index in [1.807, 2.05) is 0 Å². The summed E-state index contributed by atoms with van der Waals surface area (Å²) in [5.74, 6) is -5.71. The molecule has 0 amide bonds. The molecule has 8 nitrogen and oxygen atoms in total. The molecule has 0 heterocycles. The number of carboxylic acid groups (broad SMARTS) is 4. The Labute approximate surface area is 229 Å². The molecule has 37 heavy (non-hydrogen) atoms. The molecular formula is C28H36O8Sn. The molecule has 2 aromatic carbocycles. The molecule has 2 atom stereocenters. The van der Waals surface area contributed by atoms with Gasteiger partial charge in [-0.1, -0.05) is 13.8 Å². The molecule has 0 saturated carbocycles. The number of hydrogen-bond acceptors (Lipinski definition) is 8. The molecule has 0 aromatic heterocycles. The maximum atomic E-state index is 10.1. The summed E-state index contributed by atoms with van der Waals surface area (Å²) in [6, 6.07) is 21.8. The SMILES string of the molecule is CC(CCCC(=O)[O-])C(=O)[O-].CC(CCCC(=O)[O-])C(=O)[O-].c1ccc([CH2][SnH2+4][CH2]c2ccccc2)cc1. The Kier molecular flexibility index (Phi) is 19.6. The van der Waals surface area contributed by atoms with E-state index in [1.165, 1.54) is 33.8 Å². The summed E-state index contributed by atoms with van der Waals surface area (Å²) in [6.07, 6.45) is 1.15.